The molecule has 0 spiro atoms. The number of amides is 1. The van der Waals surface area contributed by atoms with Gasteiger partial charge in [0, 0.05) is 36.3 Å². The fraction of sp³-hybridized carbons (Fsp3) is 0.174. The number of hydrogen-bond acceptors (Lipinski definition) is 4. The normalized spacial score (nSPS) is 15.6. The van der Waals surface area contributed by atoms with E-state index in [-0.39, 0.29) is 29.7 Å². The molecule has 5 rings (SSSR count). The van der Waals surface area contributed by atoms with E-state index >= 15 is 0 Å². The molecule has 0 saturated carbocycles. The quantitative estimate of drug-likeness (QED) is 0.463. The molecule has 1 fully saturated rings. The predicted molar refractivity (Wildman–Crippen MR) is 120 cm³/mol. The van der Waals surface area contributed by atoms with Crippen LogP contribution < -0.4 is 0 Å². The number of hydrogen-bond donors (Lipinski definition) is 0. The van der Waals surface area contributed by atoms with Crippen LogP contribution in [0.5, 0.6) is 0 Å². The molecule has 5 nitrogen and oxygen atoms in total. The smallest absolute Gasteiger partial charge is 0.264 e. The predicted octanol–water partition coefficient (Wildman–Crippen LogP) is 4.34. The van der Waals surface area contributed by atoms with Gasteiger partial charge in [-0.25, -0.2) is 12.8 Å². The Balaban J connectivity index is 1.32. The zero-order valence-electron chi connectivity index (χ0n) is 16.5. The van der Waals surface area contributed by atoms with Gasteiger partial charge in [0.05, 0.1) is 9.77 Å². The first kappa shape index (κ1) is 20.1. The molecule has 0 atom stereocenters. The largest absolute Gasteiger partial charge is 0.335 e. The lowest BCUT2D eigenvalue weighted by atomic mass is 10.1. The summed E-state index contributed by atoms with van der Waals surface area (Å²) < 4.78 is 42.3. The Bertz CT molecular complexity index is 1410. The van der Waals surface area contributed by atoms with Gasteiger partial charge in [0.1, 0.15) is 5.82 Å². The van der Waals surface area contributed by atoms with E-state index in [2.05, 4.69) is 0 Å². The van der Waals surface area contributed by atoms with Gasteiger partial charge in [-0.3, -0.25) is 4.79 Å². The molecule has 4 aromatic rings. The monoisotopic (exact) mass is 454 g/mol. The van der Waals surface area contributed by atoms with Crippen molar-refractivity contribution in [2.45, 2.75) is 4.90 Å². The lowest BCUT2D eigenvalue weighted by molar-refractivity contribution is 0.0703. The maximum atomic E-state index is 14.0. The number of benzene rings is 3. The van der Waals surface area contributed by atoms with E-state index in [4.69, 9.17) is 0 Å². The minimum atomic E-state index is -3.65. The summed E-state index contributed by atoms with van der Waals surface area (Å²) in [5.74, 6) is -0.539. The minimum absolute atomic E-state index is 0.191. The van der Waals surface area contributed by atoms with Crippen LogP contribution in [0.4, 0.5) is 4.39 Å². The zero-order chi connectivity index (χ0) is 21.6. The lowest BCUT2D eigenvalue weighted by Crippen LogP contribution is -2.50. The molecular weight excluding hydrogens is 435 g/mol. The Morgan fingerprint density at radius 1 is 0.871 bits per heavy atom. The van der Waals surface area contributed by atoms with Gasteiger partial charge in [-0.2, -0.15) is 4.31 Å². The Hall–Kier alpha value is -2.81. The molecule has 1 amide bonds. The van der Waals surface area contributed by atoms with Gasteiger partial charge in [0.2, 0.25) is 10.0 Å². The van der Waals surface area contributed by atoms with E-state index in [1.165, 1.54) is 21.7 Å². The molecule has 31 heavy (non-hydrogen) atoms. The molecule has 8 heteroatoms. The number of nitrogens with zero attached hydrogens (tertiary/aromatic N) is 2. The number of halogens is 1. The minimum Gasteiger partial charge on any atom is -0.335 e. The van der Waals surface area contributed by atoms with Crippen LogP contribution in [-0.4, -0.2) is 49.7 Å². The standard InChI is InChI=1S/C23H19FN2O3S2/c24-20-6-3-7-21-19(20)15-22(30-21)23(27)25-10-12-26(13-11-25)31(28,29)18-9-8-16-4-1-2-5-17(16)14-18/h1-9,14-15H,10-13H2. The van der Waals surface area contributed by atoms with Crippen molar-refractivity contribution in [3.8, 4) is 0 Å². The Morgan fingerprint density at radius 2 is 1.61 bits per heavy atom. The van der Waals surface area contributed by atoms with Gasteiger partial charge in [-0.1, -0.05) is 36.4 Å². The number of sulfonamides is 1. The van der Waals surface area contributed by atoms with Crippen LogP contribution in [0.3, 0.4) is 0 Å². The third-order valence-corrected chi connectivity index (χ3v) is 8.59. The topological polar surface area (TPSA) is 57.7 Å². The highest BCUT2D eigenvalue weighted by atomic mass is 32.2. The molecular formula is C23H19FN2O3S2. The number of piperazine rings is 1. The molecule has 158 valence electrons. The maximum absolute atomic E-state index is 14.0. The van der Waals surface area contributed by atoms with E-state index < -0.39 is 10.0 Å². The average molecular weight is 455 g/mol. The third-order valence-electron chi connectivity index (χ3n) is 5.60. The first-order valence-corrected chi connectivity index (χ1v) is 12.2. The van der Waals surface area contributed by atoms with Crippen molar-refractivity contribution < 1.29 is 17.6 Å². The second-order valence-corrected chi connectivity index (χ2v) is 10.5. The van der Waals surface area contributed by atoms with Gasteiger partial charge in [0.15, 0.2) is 0 Å². The zero-order valence-corrected chi connectivity index (χ0v) is 18.1. The van der Waals surface area contributed by atoms with Gasteiger partial charge in [-0.15, -0.1) is 11.3 Å². The van der Waals surface area contributed by atoms with Crippen molar-refractivity contribution in [1.82, 2.24) is 9.21 Å². The highest BCUT2D eigenvalue weighted by Gasteiger charge is 2.31. The van der Waals surface area contributed by atoms with Crippen molar-refractivity contribution in [1.29, 1.82) is 0 Å². The van der Waals surface area contributed by atoms with E-state index in [0.717, 1.165) is 15.5 Å². The SMILES string of the molecule is O=C(c1cc2c(F)cccc2s1)N1CCN(S(=O)(=O)c2ccc3ccccc3c2)CC1. The van der Waals surface area contributed by atoms with Gasteiger partial charge >= 0.3 is 0 Å². The van der Waals surface area contributed by atoms with Crippen molar-refractivity contribution in [2.24, 2.45) is 0 Å². The van der Waals surface area contributed by atoms with E-state index in [1.54, 1.807) is 35.2 Å². The van der Waals surface area contributed by atoms with Crippen LogP contribution in [0.15, 0.2) is 71.6 Å². The van der Waals surface area contributed by atoms with Gasteiger partial charge in [-0.05, 0) is 41.1 Å². The summed E-state index contributed by atoms with van der Waals surface area (Å²) in [6.07, 6.45) is 0. The van der Waals surface area contributed by atoms with Crippen molar-refractivity contribution in [2.75, 3.05) is 26.2 Å². The molecule has 1 saturated heterocycles. The summed E-state index contributed by atoms with van der Waals surface area (Å²) in [5.41, 5.74) is 0. The van der Waals surface area contributed by atoms with Crippen molar-refractivity contribution >= 4 is 48.1 Å². The number of fused-ring (bicyclic) bond motifs is 2. The van der Waals surface area contributed by atoms with Crippen molar-refractivity contribution in [3.63, 3.8) is 0 Å². The molecule has 0 radical (unpaired) electrons. The summed E-state index contributed by atoms with van der Waals surface area (Å²) >= 11 is 1.25. The molecule has 0 bridgehead atoms. The number of carbonyl (C=O) groups excluding carboxylic acids is 1. The van der Waals surface area contributed by atoms with E-state index in [0.29, 0.717) is 23.4 Å². The summed E-state index contributed by atoms with van der Waals surface area (Å²) in [5, 5.41) is 2.29. The Kier molecular flexibility index (Phi) is 5.00. The molecule has 0 unspecified atom stereocenters. The maximum Gasteiger partial charge on any atom is 0.264 e. The molecule has 1 aliphatic rings. The highest BCUT2D eigenvalue weighted by molar-refractivity contribution is 7.89. The number of rotatable bonds is 3. The van der Waals surface area contributed by atoms with E-state index in [9.17, 15) is 17.6 Å². The second-order valence-electron chi connectivity index (χ2n) is 7.47. The van der Waals surface area contributed by atoms with Gasteiger partial charge < -0.3 is 4.90 Å². The first-order valence-electron chi connectivity index (χ1n) is 9.90. The average Bonchev–Trinajstić information content (AvgIpc) is 3.24. The fourth-order valence-corrected chi connectivity index (χ4v) is 6.40. The highest BCUT2D eigenvalue weighted by Crippen LogP contribution is 2.29. The Morgan fingerprint density at radius 3 is 2.35 bits per heavy atom. The molecule has 2 heterocycles. The summed E-state index contributed by atoms with van der Waals surface area (Å²) in [4.78, 5) is 15.3. The van der Waals surface area contributed by atoms with Crippen LogP contribution in [0.2, 0.25) is 0 Å². The third kappa shape index (κ3) is 3.60. The number of carbonyl (C=O) groups is 1. The van der Waals surface area contributed by atoms with Crippen LogP contribution in [0.25, 0.3) is 20.9 Å². The fourth-order valence-electron chi connectivity index (χ4n) is 3.90. The molecule has 0 N–H and O–H groups in total. The summed E-state index contributed by atoms with van der Waals surface area (Å²) in [6, 6.07) is 19.1. The van der Waals surface area contributed by atoms with Crippen LogP contribution >= 0.6 is 11.3 Å². The van der Waals surface area contributed by atoms with Crippen molar-refractivity contribution in [3.05, 3.63) is 77.4 Å². The van der Waals surface area contributed by atoms with E-state index in [1.807, 2.05) is 30.3 Å². The molecule has 3 aromatic carbocycles. The van der Waals surface area contributed by atoms with Crippen LogP contribution in [0.1, 0.15) is 9.67 Å². The summed E-state index contributed by atoms with van der Waals surface area (Å²) in [6.45, 7) is 1.03. The van der Waals surface area contributed by atoms with Crippen LogP contribution in [0, 0.1) is 5.82 Å². The summed E-state index contributed by atoms with van der Waals surface area (Å²) in [7, 11) is -3.65. The Labute approximate surface area is 183 Å². The lowest BCUT2D eigenvalue weighted by Gasteiger charge is -2.33. The first-order chi connectivity index (χ1) is 14.9. The molecule has 1 aromatic heterocycles. The van der Waals surface area contributed by atoms with Gasteiger partial charge in [0.25, 0.3) is 5.91 Å². The van der Waals surface area contributed by atoms with Crippen LogP contribution in [-0.2, 0) is 10.0 Å². The molecule has 1 aliphatic heterocycles. The molecule has 0 aliphatic carbocycles. The second kappa shape index (κ2) is 7.71. The number of thiophene rings is 1.